The Balaban J connectivity index is 1.57. The van der Waals surface area contributed by atoms with Crippen LogP contribution >= 0.6 is 0 Å². The molecule has 3 aromatic rings. The second-order valence-corrected chi connectivity index (χ2v) is 8.62. The highest BCUT2D eigenvalue weighted by molar-refractivity contribution is 7.87. The molecule has 1 fully saturated rings. The van der Waals surface area contributed by atoms with Crippen LogP contribution in [0.25, 0.3) is 6.08 Å². The summed E-state index contributed by atoms with van der Waals surface area (Å²) in [6.07, 6.45) is 1.30. The van der Waals surface area contributed by atoms with E-state index in [4.69, 9.17) is 8.92 Å². The fraction of sp³-hybridized carbons (Fsp3) is 0.0417. The highest BCUT2D eigenvalue weighted by Crippen LogP contribution is 2.25. The Labute approximate surface area is 195 Å². The molecule has 1 aliphatic heterocycles. The number of ether oxygens (including phenoxy) is 1. The third kappa shape index (κ3) is 4.66. The molecule has 1 heterocycles. The van der Waals surface area contributed by atoms with Crippen molar-refractivity contribution in [2.45, 2.75) is 4.90 Å². The Morgan fingerprint density at radius 3 is 2.06 bits per heavy atom. The summed E-state index contributed by atoms with van der Waals surface area (Å²) in [6, 6.07) is 18.8. The predicted octanol–water partition coefficient (Wildman–Crippen LogP) is 3.13. The molecule has 0 bridgehead atoms. The number of imide groups is 2. The Hall–Kier alpha value is -4.44. The maximum atomic E-state index is 13.0. The van der Waals surface area contributed by atoms with E-state index in [1.165, 1.54) is 61.7 Å². The average molecular weight is 478 g/mol. The third-order valence-corrected chi connectivity index (χ3v) is 6.12. The zero-order valence-corrected chi connectivity index (χ0v) is 18.6. The number of methoxy groups -OCH3 is 1. The van der Waals surface area contributed by atoms with E-state index in [0.717, 1.165) is 4.90 Å². The fourth-order valence-electron chi connectivity index (χ4n) is 3.17. The van der Waals surface area contributed by atoms with Crippen molar-refractivity contribution in [1.29, 1.82) is 0 Å². The second kappa shape index (κ2) is 9.20. The number of nitrogens with zero attached hydrogens (tertiary/aromatic N) is 1. The number of anilines is 1. The first kappa shape index (κ1) is 22.7. The van der Waals surface area contributed by atoms with E-state index in [-0.39, 0.29) is 21.9 Å². The van der Waals surface area contributed by atoms with Gasteiger partial charge in [0.1, 0.15) is 22.0 Å². The first-order chi connectivity index (χ1) is 16.3. The topological polar surface area (TPSA) is 119 Å². The van der Waals surface area contributed by atoms with E-state index in [0.29, 0.717) is 11.3 Å². The highest BCUT2D eigenvalue weighted by atomic mass is 32.2. The molecule has 34 heavy (non-hydrogen) atoms. The normalized spacial score (nSPS) is 15.3. The maximum Gasteiger partial charge on any atom is 0.339 e. The number of amides is 4. The number of rotatable bonds is 6. The van der Waals surface area contributed by atoms with Crippen LogP contribution in [0.2, 0.25) is 0 Å². The van der Waals surface area contributed by atoms with Crippen LogP contribution in [0.15, 0.2) is 89.3 Å². The molecular weight excluding hydrogens is 460 g/mol. The number of hydrogen-bond donors (Lipinski definition) is 1. The summed E-state index contributed by atoms with van der Waals surface area (Å²) >= 11 is 0. The molecule has 0 spiro atoms. The van der Waals surface area contributed by atoms with Crippen LogP contribution in [0.4, 0.5) is 10.5 Å². The summed E-state index contributed by atoms with van der Waals surface area (Å²) in [6.45, 7) is 0. The molecule has 3 aromatic carbocycles. The summed E-state index contributed by atoms with van der Waals surface area (Å²) in [5.74, 6) is -1.05. The van der Waals surface area contributed by atoms with Crippen molar-refractivity contribution in [3.8, 4) is 11.5 Å². The van der Waals surface area contributed by atoms with Gasteiger partial charge < -0.3 is 8.92 Å². The Bertz CT molecular complexity index is 1380. The SMILES string of the molecule is COc1ccc(N2C(=O)NC(=O)/C(=C\c3ccc(OS(=O)(=O)c4ccccc4)cc3)C2=O)cc1. The van der Waals surface area contributed by atoms with Gasteiger partial charge >= 0.3 is 16.1 Å². The van der Waals surface area contributed by atoms with E-state index in [2.05, 4.69) is 5.32 Å². The van der Waals surface area contributed by atoms with Gasteiger partial charge in [-0.2, -0.15) is 8.42 Å². The van der Waals surface area contributed by atoms with Gasteiger partial charge in [0.05, 0.1) is 12.8 Å². The van der Waals surface area contributed by atoms with Crippen molar-refractivity contribution in [2.75, 3.05) is 12.0 Å². The first-order valence-corrected chi connectivity index (χ1v) is 11.3. The zero-order chi connectivity index (χ0) is 24.3. The van der Waals surface area contributed by atoms with E-state index < -0.39 is 28.0 Å². The lowest BCUT2D eigenvalue weighted by Gasteiger charge is -2.26. The van der Waals surface area contributed by atoms with E-state index in [1.54, 1.807) is 30.3 Å². The van der Waals surface area contributed by atoms with Gasteiger partial charge in [0.15, 0.2) is 0 Å². The van der Waals surface area contributed by atoms with E-state index in [1.807, 2.05) is 0 Å². The molecule has 0 aliphatic carbocycles. The lowest BCUT2D eigenvalue weighted by Crippen LogP contribution is -2.54. The molecule has 172 valence electrons. The molecule has 0 saturated carbocycles. The number of benzene rings is 3. The monoisotopic (exact) mass is 478 g/mol. The largest absolute Gasteiger partial charge is 0.497 e. The lowest BCUT2D eigenvalue weighted by molar-refractivity contribution is -0.122. The number of hydrogen-bond acceptors (Lipinski definition) is 7. The lowest BCUT2D eigenvalue weighted by atomic mass is 10.1. The summed E-state index contributed by atoms with van der Waals surface area (Å²) in [7, 11) is -2.52. The van der Waals surface area contributed by atoms with Crippen molar-refractivity contribution >= 4 is 39.7 Å². The minimum absolute atomic E-state index is 0.00829. The molecular formula is C24H18N2O7S. The molecule has 1 saturated heterocycles. The molecule has 0 atom stereocenters. The minimum atomic E-state index is -4.01. The number of carbonyl (C=O) groups is 3. The van der Waals surface area contributed by atoms with Crippen LogP contribution in [0.3, 0.4) is 0 Å². The average Bonchev–Trinajstić information content (AvgIpc) is 2.83. The van der Waals surface area contributed by atoms with E-state index >= 15 is 0 Å². The van der Waals surface area contributed by atoms with Gasteiger partial charge in [-0.3, -0.25) is 14.9 Å². The smallest absolute Gasteiger partial charge is 0.339 e. The highest BCUT2D eigenvalue weighted by Gasteiger charge is 2.36. The second-order valence-electron chi connectivity index (χ2n) is 7.08. The minimum Gasteiger partial charge on any atom is -0.497 e. The van der Waals surface area contributed by atoms with Gasteiger partial charge in [0.2, 0.25) is 0 Å². The fourth-order valence-corrected chi connectivity index (χ4v) is 4.12. The van der Waals surface area contributed by atoms with Crippen molar-refractivity contribution < 1.29 is 31.7 Å². The molecule has 9 nitrogen and oxygen atoms in total. The van der Waals surface area contributed by atoms with Crippen molar-refractivity contribution in [3.63, 3.8) is 0 Å². The first-order valence-electron chi connectivity index (χ1n) is 9.93. The standard InChI is InChI=1S/C24H18N2O7S/c1-32-18-13-9-17(10-14-18)26-23(28)21(22(27)25-24(26)29)15-16-7-11-19(12-8-16)33-34(30,31)20-5-3-2-4-6-20/h2-15H,1H3,(H,25,27,29)/b21-15+. The summed E-state index contributed by atoms with van der Waals surface area (Å²) in [4.78, 5) is 38.5. The third-order valence-electron chi connectivity index (χ3n) is 4.86. The van der Waals surface area contributed by atoms with Crippen LogP contribution in [0.5, 0.6) is 11.5 Å². The van der Waals surface area contributed by atoms with Crippen molar-refractivity contribution in [2.24, 2.45) is 0 Å². The van der Waals surface area contributed by atoms with Crippen LogP contribution in [0, 0.1) is 0 Å². The van der Waals surface area contributed by atoms with Gasteiger partial charge in [0.25, 0.3) is 11.8 Å². The maximum absolute atomic E-state index is 13.0. The summed E-state index contributed by atoms with van der Waals surface area (Å²) < 4.78 is 34.9. The number of nitrogens with one attached hydrogen (secondary N) is 1. The molecule has 4 amide bonds. The van der Waals surface area contributed by atoms with Gasteiger partial charge in [-0.15, -0.1) is 0 Å². The molecule has 1 aliphatic rings. The quantitative estimate of drug-likeness (QED) is 0.328. The van der Waals surface area contributed by atoms with Gasteiger partial charge in [-0.1, -0.05) is 30.3 Å². The molecule has 4 rings (SSSR count). The Kier molecular flexibility index (Phi) is 6.15. The predicted molar refractivity (Wildman–Crippen MR) is 123 cm³/mol. The molecule has 0 unspecified atom stereocenters. The Morgan fingerprint density at radius 2 is 1.44 bits per heavy atom. The Morgan fingerprint density at radius 1 is 0.824 bits per heavy atom. The summed E-state index contributed by atoms with van der Waals surface area (Å²) in [5.41, 5.74) is 0.421. The number of urea groups is 1. The molecule has 1 N–H and O–H groups in total. The van der Waals surface area contributed by atoms with Crippen LogP contribution in [0.1, 0.15) is 5.56 Å². The molecule has 0 radical (unpaired) electrons. The number of barbiturate groups is 1. The van der Waals surface area contributed by atoms with Crippen molar-refractivity contribution in [3.05, 3.63) is 90.0 Å². The molecule has 10 heteroatoms. The van der Waals surface area contributed by atoms with Crippen LogP contribution in [-0.4, -0.2) is 33.4 Å². The van der Waals surface area contributed by atoms with E-state index in [9.17, 15) is 22.8 Å². The number of carbonyl (C=O) groups excluding carboxylic acids is 3. The van der Waals surface area contributed by atoms with Crippen molar-refractivity contribution in [1.82, 2.24) is 5.32 Å². The summed E-state index contributed by atoms with van der Waals surface area (Å²) in [5, 5.41) is 2.14. The van der Waals surface area contributed by atoms with Crippen LogP contribution < -0.4 is 19.1 Å². The van der Waals surface area contributed by atoms with Gasteiger partial charge in [-0.05, 0) is 60.2 Å². The van der Waals surface area contributed by atoms with Crippen LogP contribution in [-0.2, 0) is 19.7 Å². The van der Waals surface area contributed by atoms with Gasteiger partial charge in [0, 0.05) is 0 Å². The zero-order valence-electron chi connectivity index (χ0n) is 17.8. The molecule has 0 aromatic heterocycles. The van der Waals surface area contributed by atoms with Gasteiger partial charge in [-0.25, -0.2) is 9.69 Å².